The van der Waals surface area contributed by atoms with E-state index in [1.54, 1.807) is 17.5 Å². The standard InChI is InChI=1S/C18H14N4OS/c23-18(19-9-12-4-2-1-3-5-12)17-14(10-21-22-17)13-6-7-16-15(8-13)20-11-24-16/h1-8,10-11H,9H2,(H,19,23)(H,21,22). The van der Waals surface area contributed by atoms with Crippen molar-refractivity contribution >= 4 is 27.5 Å². The third-order valence-corrected chi connectivity index (χ3v) is 4.61. The molecule has 24 heavy (non-hydrogen) atoms. The van der Waals surface area contributed by atoms with Gasteiger partial charge in [-0.3, -0.25) is 9.89 Å². The van der Waals surface area contributed by atoms with Crippen LogP contribution in [0.4, 0.5) is 0 Å². The fourth-order valence-electron chi connectivity index (χ4n) is 2.57. The van der Waals surface area contributed by atoms with Gasteiger partial charge in [-0.15, -0.1) is 11.3 Å². The molecule has 1 amide bonds. The van der Waals surface area contributed by atoms with E-state index in [1.165, 1.54) is 0 Å². The highest BCUT2D eigenvalue weighted by Gasteiger charge is 2.15. The summed E-state index contributed by atoms with van der Waals surface area (Å²) >= 11 is 1.60. The lowest BCUT2D eigenvalue weighted by Crippen LogP contribution is -2.23. The molecule has 0 atom stereocenters. The summed E-state index contributed by atoms with van der Waals surface area (Å²) in [5, 5.41) is 9.76. The number of aromatic nitrogens is 3. The van der Waals surface area contributed by atoms with E-state index in [0.717, 1.165) is 26.9 Å². The first-order chi connectivity index (χ1) is 11.8. The molecule has 0 bridgehead atoms. The first-order valence-corrected chi connectivity index (χ1v) is 8.38. The maximum absolute atomic E-state index is 12.5. The largest absolute Gasteiger partial charge is 0.347 e. The van der Waals surface area contributed by atoms with E-state index in [0.29, 0.717) is 12.2 Å². The maximum Gasteiger partial charge on any atom is 0.270 e. The summed E-state index contributed by atoms with van der Waals surface area (Å²) in [5.74, 6) is -0.176. The van der Waals surface area contributed by atoms with Crippen molar-refractivity contribution in [3.05, 3.63) is 71.5 Å². The summed E-state index contributed by atoms with van der Waals surface area (Å²) in [6, 6.07) is 15.8. The van der Waals surface area contributed by atoms with E-state index in [4.69, 9.17) is 0 Å². The van der Waals surface area contributed by atoms with E-state index in [-0.39, 0.29) is 5.91 Å². The zero-order chi connectivity index (χ0) is 16.4. The first kappa shape index (κ1) is 14.6. The van der Waals surface area contributed by atoms with Crippen molar-refractivity contribution < 1.29 is 4.79 Å². The Bertz CT molecular complexity index is 990. The van der Waals surface area contributed by atoms with Gasteiger partial charge in [0.2, 0.25) is 0 Å². The van der Waals surface area contributed by atoms with Crippen LogP contribution in [0.5, 0.6) is 0 Å². The van der Waals surface area contributed by atoms with Gasteiger partial charge in [-0.1, -0.05) is 36.4 Å². The number of carbonyl (C=O) groups excluding carboxylic acids is 1. The first-order valence-electron chi connectivity index (χ1n) is 7.50. The Labute approximate surface area is 142 Å². The molecule has 2 N–H and O–H groups in total. The summed E-state index contributed by atoms with van der Waals surface area (Å²) in [6.07, 6.45) is 1.67. The van der Waals surface area contributed by atoms with E-state index in [9.17, 15) is 4.79 Å². The number of nitrogens with one attached hydrogen (secondary N) is 2. The van der Waals surface area contributed by atoms with Crippen LogP contribution in [0.2, 0.25) is 0 Å². The van der Waals surface area contributed by atoms with Gasteiger partial charge in [-0.25, -0.2) is 4.98 Å². The van der Waals surface area contributed by atoms with Gasteiger partial charge >= 0.3 is 0 Å². The fraction of sp³-hybridized carbons (Fsp3) is 0.0556. The molecule has 0 aliphatic rings. The summed E-state index contributed by atoms with van der Waals surface area (Å²) in [4.78, 5) is 16.8. The van der Waals surface area contributed by atoms with Gasteiger partial charge in [0, 0.05) is 12.1 Å². The molecule has 0 spiro atoms. The minimum absolute atomic E-state index is 0.176. The number of amides is 1. The number of thiazole rings is 1. The summed E-state index contributed by atoms with van der Waals surface area (Å²) in [7, 11) is 0. The lowest BCUT2D eigenvalue weighted by atomic mass is 10.1. The van der Waals surface area contributed by atoms with Gasteiger partial charge < -0.3 is 5.32 Å². The van der Waals surface area contributed by atoms with Crippen LogP contribution in [0.1, 0.15) is 16.1 Å². The minimum Gasteiger partial charge on any atom is -0.347 e. The van der Waals surface area contributed by atoms with Crippen molar-refractivity contribution in [2.24, 2.45) is 0 Å². The molecule has 2 aromatic carbocycles. The third kappa shape index (κ3) is 2.79. The average Bonchev–Trinajstić information content (AvgIpc) is 3.28. The highest BCUT2D eigenvalue weighted by atomic mass is 32.1. The predicted molar refractivity (Wildman–Crippen MR) is 94.8 cm³/mol. The topological polar surface area (TPSA) is 70.7 Å². The lowest BCUT2D eigenvalue weighted by Gasteiger charge is -2.06. The number of fused-ring (bicyclic) bond motifs is 1. The van der Waals surface area contributed by atoms with Gasteiger partial charge in [-0.05, 0) is 23.3 Å². The van der Waals surface area contributed by atoms with Crippen LogP contribution in [0.25, 0.3) is 21.3 Å². The molecule has 2 aromatic heterocycles. The second kappa shape index (κ2) is 6.25. The average molecular weight is 334 g/mol. The Hall–Kier alpha value is -2.99. The highest BCUT2D eigenvalue weighted by Crippen LogP contribution is 2.27. The van der Waals surface area contributed by atoms with Crippen LogP contribution in [0, 0.1) is 0 Å². The monoisotopic (exact) mass is 334 g/mol. The molecule has 2 heterocycles. The molecule has 0 saturated carbocycles. The molecular formula is C18H14N4OS. The van der Waals surface area contributed by atoms with Gasteiger partial charge in [0.05, 0.1) is 21.9 Å². The predicted octanol–water partition coefficient (Wildman–Crippen LogP) is 3.62. The summed E-state index contributed by atoms with van der Waals surface area (Å²) in [5.41, 5.74) is 5.95. The van der Waals surface area contributed by atoms with Crippen LogP contribution in [-0.2, 0) is 6.54 Å². The normalized spacial score (nSPS) is 10.8. The van der Waals surface area contributed by atoms with Crippen LogP contribution >= 0.6 is 11.3 Å². The maximum atomic E-state index is 12.5. The van der Waals surface area contributed by atoms with Gasteiger partial charge in [0.1, 0.15) is 5.69 Å². The third-order valence-electron chi connectivity index (χ3n) is 3.80. The molecule has 4 aromatic rings. The van der Waals surface area contributed by atoms with E-state index in [2.05, 4.69) is 20.5 Å². The number of benzene rings is 2. The Kier molecular flexibility index (Phi) is 3.80. The molecule has 4 rings (SSSR count). The number of rotatable bonds is 4. The number of H-pyrrole nitrogens is 1. The summed E-state index contributed by atoms with van der Waals surface area (Å²) < 4.78 is 1.12. The van der Waals surface area contributed by atoms with Crippen molar-refractivity contribution in [3.8, 4) is 11.1 Å². The second-order valence-corrected chi connectivity index (χ2v) is 6.25. The van der Waals surface area contributed by atoms with Gasteiger partial charge in [0.15, 0.2) is 0 Å². The molecule has 0 unspecified atom stereocenters. The molecule has 0 aliphatic carbocycles. The van der Waals surface area contributed by atoms with Gasteiger partial charge in [0.25, 0.3) is 5.91 Å². The molecule has 0 saturated heterocycles. The lowest BCUT2D eigenvalue weighted by molar-refractivity contribution is 0.0946. The van der Waals surface area contributed by atoms with E-state index >= 15 is 0 Å². The Morgan fingerprint density at radius 1 is 1.17 bits per heavy atom. The molecule has 6 heteroatoms. The fourth-order valence-corrected chi connectivity index (χ4v) is 3.23. The van der Waals surface area contributed by atoms with Crippen molar-refractivity contribution in [3.63, 3.8) is 0 Å². The van der Waals surface area contributed by atoms with Crippen molar-refractivity contribution in [1.82, 2.24) is 20.5 Å². The molecular weight excluding hydrogens is 320 g/mol. The Morgan fingerprint density at radius 3 is 2.92 bits per heavy atom. The zero-order valence-corrected chi connectivity index (χ0v) is 13.5. The highest BCUT2D eigenvalue weighted by molar-refractivity contribution is 7.16. The minimum atomic E-state index is -0.176. The van der Waals surface area contributed by atoms with Crippen molar-refractivity contribution in [2.75, 3.05) is 0 Å². The van der Waals surface area contributed by atoms with Crippen LogP contribution < -0.4 is 5.32 Å². The van der Waals surface area contributed by atoms with E-state index < -0.39 is 0 Å². The molecule has 0 aliphatic heterocycles. The van der Waals surface area contributed by atoms with E-state index in [1.807, 2.05) is 54.0 Å². The number of hydrogen-bond acceptors (Lipinski definition) is 4. The smallest absolute Gasteiger partial charge is 0.270 e. The van der Waals surface area contributed by atoms with Crippen molar-refractivity contribution in [1.29, 1.82) is 0 Å². The van der Waals surface area contributed by atoms with Gasteiger partial charge in [-0.2, -0.15) is 5.10 Å². The molecule has 118 valence electrons. The van der Waals surface area contributed by atoms with Crippen molar-refractivity contribution in [2.45, 2.75) is 6.54 Å². The Morgan fingerprint density at radius 2 is 2.04 bits per heavy atom. The number of hydrogen-bond donors (Lipinski definition) is 2. The number of nitrogens with zero attached hydrogens (tertiary/aromatic N) is 2. The zero-order valence-electron chi connectivity index (χ0n) is 12.7. The quantitative estimate of drug-likeness (QED) is 0.599. The SMILES string of the molecule is O=C(NCc1ccccc1)c1[nH]ncc1-c1ccc2scnc2c1. The van der Waals surface area contributed by atoms with Crippen LogP contribution in [0.15, 0.2) is 60.2 Å². The molecule has 5 nitrogen and oxygen atoms in total. The van der Waals surface area contributed by atoms with Crippen LogP contribution in [-0.4, -0.2) is 21.1 Å². The number of aromatic amines is 1. The molecule has 0 fully saturated rings. The Balaban J connectivity index is 1.58. The second-order valence-electron chi connectivity index (χ2n) is 5.36. The number of carbonyl (C=O) groups is 1. The summed E-state index contributed by atoms with van der Waals surface area (Å²) in [6.45, 7) is 0.475. The van der Waals surface area contributed by atoms with Crippen LogP contribution in [0.3, 0.4) is 0 Å². The molecule has 0 radical (unpaired) electrons.